The van der Waals surface area contributed by atoms with Gasteiger partial charge in [0.2, 0.25) is 16.9 Å². The van der Waals surface area contributed by atoms with Gasteiger partial charge in [-0.25, -0.2) is 8.78 Å². The highest BCUT2D eigenvalue weighted by atomic mass is 32.1. The van der Waals surface area contributed by atoms with Crippen LogP contribution in [0.1, 0.15) is 6.42 Å². The number of amides is 2. The average molecular weight is 324 g/mol. The van der Waals surface area contributed by atoms with Crippen molar-refractivity contribution in [3.8, 4) is 0 Å². The molecule has 114 valence electrons. The van der Waals surface area contributed by atoms with E-state index in [-0.39, 0.29) is 30.5 Å². The zero-order valence-electron chi connectivity index (χ0n) is 11.1. The highest BCUT2D eigenvalue weighted by Gasteiger charge is 2.36. The highest BCUT2D eigenvalue weighted by molar-refractivity contribution is 7.13. The SMILES string of the molecule is O=C(Nc1nncs1)[C@@H]1CC(=O)N(c2ccc(F)cc2F)C1. The van der Waals surface area contributed by atoms with E-state index in [4.69, 9.17) is 0 Å². The average Bonchev–Trinajstić information content (AvgIpc) is 3.09. The second-order valence-corrected chi connectivity index (χ2v) is 5.57. The summed E-state index contributed by atoms with van der Waals surface area (Å²) in [5, 5.41) is 10.2. The van der Waals surface area contributed by atoms with Crippen LogP contribution in [0.5, 0.6) is 0 Å². The van der Waals surface area contributed by atoms with E-state index >= 15 is 0 Å². The minimum atomic E-state index is -0.835. The lowest BCUT2D eigenvalue weighted by Crippen LogP contribution is -2.28. The molecule has 22 heavy (non-hydrogen) atoms. The largest absolute Gasteiger partial charge is 0.309 e. The van der Waals surface area contributed by atoms with E-state index in [9.17, 15) is 18.4 Å². The summed E-state index contributed by atoms with van der Waals surface area (Å²) in [7, 11) is 0. The van der Waals surface area contributed by atoms with Gasteiger partial charge in [0.05, 0.1) is 11.6 Å². The number of hydrogen-bond donors (Lipinski definition) is 1. The fraction of sp³-hybridized carbons (Fsp3) is 0.231. The molecule has 0 saturated carbocycles. The maximum atomic E-state index is 13.8. The third-order valence-corrected chi connectivity index (χ3v) is 3.89. The molecule has 1 fully saturated rings. The van der Waals surface area contributed by atoms with Crippen LogP contribution in [-0.2, 0) is 9.59 Å². The second-order valence-electron chi connectivity index (χ2n) is 4.73. The molecule has 3 rings (SSSR count). The zero-order valence-corrected chi connectivity index (χ0v) is 11.9. The van der Waals surface area contributed by atoms with Crippen LogP contribution in [0, 0.1) is 17.6 Å². The number of nitrogens with zero attached hydrogens (tertiary/aromatic N) is 3. The van der Waals surface area contributed by atoms with E-state index in [1.807, 2.05) is 0 Å². The fourth-order valence-corrected chi connectivity index (χ4v) is 2.70. The first-order chi connectivity index (χ1) is 10.5. The molecule has 0 radical (unpaired) electrons. The Morgan fingerprint density at radius 2 is 2.23 bits per heavy atom. The Morgan fingerprint density at radius 3 is 2.91 bits per heavy atom. The molecule has 0 aliphatic carbocycles. The van der Waals surface area contributed by atoms with Crippen LogP contribution in [0.2, 0.25) is 0 Å². The van der Waals surface area contributed by atoms with Crippen LogP contribution >= 0.6 is 11.3 Å². The van der Waals surface area contributed by atoms with Crippen molar-refractivity contribution in [2.75, 3.05) is 16.8 Å². The van der Waals surface area contributed by atoms with Crippen LogP contribution in [0.25, 0.3) is 0 Å². The van der Waals surface area contributed by atoms with Gasteiger partial charge in [-0.1, -0.05) is 11.3 Å². The van der Waals surface area contributed by atoms with E-state index in [2.05, 4.69) is 15.5 Å². The Kier molecular flexibility index (Phi) is 3.80. The third kappa shape index (κ3) is 2.80. The van der Waals surface area contributed by atoms with E-state index < -0.39 is 17.6 Å². The van der Waals surface area contributed by atoms with Crippen molar-refractivity contribution in [1.29, 1.82) is 0 Å². The zero-order chi connectivity index (χ0) is 15.7. The molecule has 9 heteroatoms. The van der Waals surface area contributed by atoms with Crippen molar-refractivity contribution in [3.05, 3.63) is 35.3 Å². The first-order valence-corrected chi connectivity index (χ1v) is 7.25. The predicted molar refractivity (Wildman–Crippen MR) is 75.4 cm³/mol. The van der Waals surface area contributed by atoms with Crippen LogP contribution in [0.4, 0.5) is 19.6 Å². The third-order valence-electron chi connectivity index (χ3n) is 3.29. The van der Waals surface area contributed by atoms with Gasteiger partial charge in [0.25, 0.3) is 0 Å². The van der Waals surface area contributed by atoms with Crippen LogP contribution < -0.4 is 10.2 Å². The Bertz CT molecular complexity index is 723. The molecule has 2 heterocycles. The summed E-state index contributed by atoms with van der Waals surface area (Å²) in [6, 6.07) is 2.96. The van der Waals surface area contributed by atoms with Crippen LogP contribution in [-0.4, -0.2) is 28.6 Å². The molecule has 0 unspecified atom stereocenters. The quantitative estimate of drug-likeness (QED) is 0.934. The van der Waals surface area contributed by atoms with E-state index in [0.717, 1.165) is 22.3 Å². The van der Waals surface area contributed by atoms with Crippen LogP contribution in [0.15, 0.2) is 23.7 Å². The molecular weight excluding hydrogens is 314 g/mol. The number of carbonyl (C=O) groups is 2. The smallest absolute Gasteiger partial charge is 0.231 e. The highest BCUT2D eigenvalue weighted by Crippen LogP contribution is 2.28. The molecule has 0 bridgehead atoms. The van der Waals surface area contributed by atoms with Crippen molar-refractivity contribution >= 4 is 34.0 Å². The molecular formula is C13H10F2N4O2S. The topological polar surface area (TPSA) is 75.2 Å². The maximum absolute atomic E-state index is 13.8. The van der Waals surface area contributed by atoms with Crippen molar-refractivity contribution in [2.24, 2.45) is 5.92 Å². The Hall–Kier alpha value is -2.42. The Morgan fingerprint density at radius 1 is 1.41 bits per heavy atom. The Balaban J connectivity index is 1.74. The standard InChI is InChI=1S/C13H10F2N4O2S/c14-8-1-2-10(9(15)4-8)19-5-7(3-11(19)20)12(21)17-13-18-16-6-22-13/h1-2,4,6-7H,3,5H2,(H,17,18,21)/t7-/m1/s1. The van der Waals surface area contributed by atoms with Gasteiger partial charge < -0.3 is 10.2 Å². The van der Waals surface area contributed by atoms with Crippen molar-refractivity contribution in [2.45, 2.75) is 6.42 Å². The second kappa shape index (κ2) is 5.76. The number of anilines is 2. The molecule has 0 spiro atoms. The number of nitrogens with one attached hydrogen (secondary N) is 1. The van der Waals surface area contributed by atoms with Gasteiger partial charge in [0, 0.05) is 19.0 Å². The van der Waals surface area contributed by atoms with Gasteiger partial charge in [-0.2, -0.15) is 0 Å². The number of aromatic nitrogens is 2. The molecule has 1 aliphatic heterocycles. The molecule has 1 atom stereocenters. The number of hydrogen-bond acceptors (Lipinski definition) is 5. The van der Waals surface area contributed by atoms with Gasteiger partial charge >= 0.3 is 0 Å². The summed E-state index contributed by atoms with van der Waals surface area (Å²) in [5.74, 6) is -2.95. The maximum Gasteiger partial charge on any atom is 0.231 e. The summed E-state index contributed by atoms with van der Waals surface area (Å²) in [6.07, 6.45) is -0.0402. The lowest BCUT2D eigenvalue weighted by molar-refractivity contribution is -0.122. The lowest BCUT2D eigenvalue weighted by Gasteiger charge is -2.17. The van der Waals surface area contributed by atoms with Crippen molar-refractivity contribution in [1.82, 2.24) is 10.2 Å². The van der Waals surface area contributed by atoms with Gasteiger partial charge in [0.15, 0.2) is 0 Å². The number of halogens is 2. The summed E-state index contributed by atoms with van der Waals surface area (Å²) in [6.45, 7) is 0.0338. The minimum Gasteiger partial charge on any atom is -0.309 e. The molecule has 1 N–H and O–H groups in total. The monoisotopic (exact) mass is 324 g/mol. The first kappa shape index (κ1) is 14.5. The van der Waals surface area contributed by atoms with Gasteiger partial charge in [-0.05, 0) is 12.1 Å². The van der Waals surface area contributed by atoms with Gasteiger partial charge in [0.1, 0.15) is 17.1 Å². The van der Waals surface area contributed by atoms with E-state index in [1.54, 1.807) is 0 Å². The summed E-state index contributed by atoms with van der Waals surface area (Å²) >= 11 is 1.16. The minimum absolute atomic E-state index is 0.0300. The number of rotatable bonds is 3. The fourth-order valence-electron chi connectivity index (χ4n) is 2.25. The molecule has 1 aromatic heterocycles. The molecule has 1 aromatic carbocycles. The van der Waals surface area contributed by atoms with E-state index in [0.29, 0.717) is 11.2 Å². The number of carbonyl (C=O) groups excluding carboxylic acids is 2. The summed E-state index contributed by atoms with van der Waals surface area (Å²) < 4.78 is 26.7. The van der Waals surface area contributed by atoms with Gasteiger partial charge in [-0.3, -0.25) is 9.59 Å². The van der Waals surface area contributed by atoms with Crippen LogP contribution in [0.3, 0.4) is 0 Å². The molecule has 2 aromatic rings. The van der Waals surface area contributed by atoms with Gasteiger partial charge in [-0.15, -0.1) is 10.2 Å². The molecule has 6 nitrogen and oxygen atoms in total. The first-order valence-electron chi connectivity index (χ1n) is 6.37. The number of benzene rings is 1. The molecule has 1 saturated heterocycles. The molecule has 1 aliphatic rings. The van der Waals surface area contributed by atoms with Crippen molar-refractivity contribution in [3.63, 3.8) is 0 Å². The van der Waals surface area contributed by atoms with E-state index in [1.165, 1.54) is 11.6 Å². The lowest BCUT2D eigenvalue weighted by atomic mass is 10.1. The summed E-state index contributed by atoms with van der Waals surface area (Å²) in [5.41, 5.74) is 1.44. The van der Waals surface area contributed by atoms with Crippen molar-refractivity contribution < 1.29 is 18.4 Å². The normalized spacial score (nSPS) is 17.8. The predicted octanol–water partition coefficient (Wildman–Crippen LogP) is 1.81. The Labute approximate surface area is 127 Å². The molecule has 2 amide bonds. The summed E-state index contributed by atoms with van der Waals surface area (Å²) in [4.78, 5) is 25.2.